The maximum Gasteiger partial charge on any atom is 0.243 e. The largest absolute Gasteiger partial charge is 0.243 e. The SMILES string of the molecule is C=CCN(CCCCCC)S(=O)(=O)c1ccc(C)cc1. The van der Waals surface area contributed by atoms with E-state index in [1.165, 1.54) is 4.31 Å². The van der Waals surface area contributed by atoms with Crippen LogP contribution in [-0.4, -0.2) is 25.8 Å². The first kappa shape index (κ1) is 16.9. The molecule has 0 saturated heterocycles. The van der Waals surface area contributed by atoms with Crippen molar-refractivity contribution >= 4 is 10.0 Å². The van der Waals surface area contributed by atoms with Crippen LogP contribution in [0.5, 0.6) is 0 Å². The van der Waals surface area contributed by atoms with Gasteiger partial charge < -0.3 is 0 Å². The normalized spacial score (nSPS) is 11.8. The lowest BCUT2D eigenvalue weighted by atomic mass is 10.2. The molecule has 0 spiro atoms. The third kappa shape index (κ3) is 4.76. The van der Waals surface area contributed by atoms with Crippen molar-refractivity contribution in [1.82, 2.24) is 4.31 Å². The zero-order valence-electron chi connectivity index (χ0n) is 12.5. The highest BCUT2D eigenvalue weighted by Crippen LogP contribution is 2.17. The number of nitrogens with zero attached hydrogens (tertiary/aromatic N) is 1. The van der Waals surface area contributed by atoms with Gasteiger partial charge in [0.1, 0.15) is 0 Å². The number of aryl methyl sites for hydroxylation is 1. The average molecular weight is 295 g/mol. The van der Waals surface area contributed by atoms with Gasteiger partial charge in [0.15, 0.2) is 0 Å². The predicted octanol–water partition coefficient (Wildman–Crippen LogP) is 3.75. The van der Waals surface area contributed by atoms with Crippen molar-refractivity contribution < 1.29 is 8.42 Å². The number of unbranched alkanes of at least 4 members (excludes halogenated alkanes) is 3. The van der Waals surface area contributed by atoms with E-state index in [-0.39, 0.29) is 0 Å². The van der Waals surface area contributed by atoms with E-state index in [1.807, 2.05) is 19.1 Å². The predicted molar refractivity (Wildman–Crippen MR) is 84.3 cm³/mol. The molecule has 0 atom stereocenters. The van der Waals surface area contributed by atoms with Crippen molar-refractivity contribution in [1.29, 1.82) is 0 Å². The first-order chi connectivity index (χ1) is 9.52. The van der Waals surface area contributed by atoms with E-state index >= 15 is 0 Å². The van der Waals surface area contributed by atoms with Gasteiger partial charge in [-0.2, -0.15) is 4.31 Å². The van der Waals surface area contributed by atoms with E-state index in [2.05, 4.69) is 13.5 Å². The molecule has 4 heteroatoms. The molecule has 112 valence electrons. The highest BCUT2D eigenvalue weighted by molar-refractivity contribution is 7.89. The standard InChI is InChI=1S/C16H25NO2S/c1-4-6-7-8-14-17(13-5-2)20(18,19)16-11-9-15(3)10-12-16/h5,9-12H,2,4,6-8,13-14H2,1,3H3. The van der Waals surface area contributed by atoms with Gasteiger partial charge in [0.25, 0.3) is 0 Å². The van der Waals surface area contributed by atoms with Crippen molar-refractivity contribution in [3.63, 3.8) is 0 Å². The summed E-state index contributed by atoms with van der Waals surface area (Å²) < 4.78 is 26.7. The van der Waals surface area contributed by atoms with Crippen LogP contribution in [0, 0.1) is 6.92 Å². The molecule has 0 saturated carbocycles. The van der Waals surface area contributed by atoms with Crippen LogP contribution in [0.4, 0.5) is 0 Å². The summed E-state index contributed by atoms with van der Waals surface area (Å²) in [5, 5.41) is 0. The fraction of sp³-hybridized carbons (Fsp3) is 0.500. The molecule has 3 nitrogen and oxygen atoms in total. The van der Waals surface area contributed by atoms with Gasteiger partial charge in [0, 0.05) is 13.1 Å². The third-order valence-corrected chi connectivity index (χ3v) is 5.13. The molecule has 0 aliphatic rings. The summed E-state index contributed by atoms with van der Waals surface area (Å²) in [7, 11) is -3.41. The first-order valence-electron chi connectivity index (χ1n) is 7.20. The highest BCUT2D eigenvalue weighted by atomic mass is 32.2. The highest BCUT2D eigenvalue weighted by Gasteiger charge is 2.22. The Labute approximate surface area is 123 Å². The molecule has 20 heavy (non-hydrogen) atoms. The molecule has 0 aliphatic carbocycles. The van der Waals surface area contributed by atoms with Gasteiger partial charge in [-0.25, -0.2) is 8.42 Å². The van der Waals surface area contributed by atoms with Gasteiger partial charge in [-0.1, -0.05) is 50.0 Å². The number of sulfonamides is 1. The van der Waals surface area contributed by atoms with Crippen molar-refractivity contribution in [2.75, 3.05) is 13.1 Å². The zero-order chi connectivity index (χ0) is 15.0. The molecule has 0 unspecified atom stereocenters. The Kier molecular flexibility index (Phi) is 6.96. The molecule has 0 radical (unpaired) electrons. The minimum Gasteiger partial charge on any atom is -0.207 e. The number of rotatable bonds is 9. The molecular weight excluding hydrogens is 270 g/mol. The Morgan fingerprint density at radius 2 is 1.80 bits per heavy atom. The van der Waals surface area contributed by atoms with Crippen LogP contribution >= 0.6 is 0 Å². The van der Waals surface area contributed by atoms with Gasteiger partial charge in [0.05, 0.1) is 4.90 Å². The van der Waals surface area contributed by atoms with E-state index in [9.17, 15) is 8.42 Å². The van der Waals surface area contributed by atoms with Crippen LogP contribution in [0.15, 0.2) is 41.8 Å². The van der Waals surface area contributed by atoms with Gasteiger partial charge in [-0.05, 0) is 25.5 Å². The lowest BCUT2D eigenvalue weighted by Crippen LogP contribution is -2.32. The molecule has 0 N–H and O–H groups in total. The third-order valence-electron chi connectivity index (χ3n) is 3.25. The van der Waals surface area contributed by atoms with Crippen molar-refractivity contribution in [3.8, 4) is 0 Å². The molecule has 1 aromatic carbocycles. The second kappa shape index (κ2) is 8.22. The fourth-order valence-corrected chi connectivity index (χ4v) is 3.48. The molecule has 1 aromatic rings. The number of benzene rings is 1. The van der Waals surface area contributed by atoms with E-state index in [0.29, 0.717) is 18.0 Å². The van der Waals surface area contributed by atoms with Crippen molar-refractivity contribution in [2.45, 2.75) is 44.4 Å². The minimum absolute atomic E-state index is 0.362. The Hall–Kier alpha value is -1.13. The quantitative estimate of drug-likeness (QED) is 0.514. The Morgan fingerprint density at radius 1 is 1.15 bits per heavy atom. The lowest BCUT2D eigenvalue weighted by Gasteiger charge is -2.20. The summed E-state index contributed by atoms with van der Waals surface area (Å²) in [6.07, 6.45) is 5.89. The number of hydrogen-bond donors (Lipinski definition) is 0. The maximum absolute atomic E-state index is 12.6. The molecule has 1 rings (SSSR count). The van der Waals surface area contributed by atoms with Gasteiger partial charge in [-0.3, -0.25) is 0 Å². The topological polar surface area (TPSA) is 37.4 Å². The van der Waals surface area contributed by atoms with E-state index in [1.54, 1.807) is 18.2 Å². The summed E-state index contributed by atoms with van der Waals surface area (Å²) in [4.78, 5) is 0.362. The average Bonchev–Trinajstić information content (AvgIpc) is 2.42. The van der Waals surface area contributed by atoms with Gasteiger partial charge >= 0.3 is 0 Å². The van der Waals surface area contributed by atoms with Crippen LogP contribution in [0.1, 0.15) is 38.2 Å². The van der Waals surface area contributed by atoms with Crippen LogP contribution in [0.25, 0.3) is 0 Å². The van der Waals surface area contributed by atoms with Crippen LogP contribution < -0.4 is 0 Å². The smallest absolute Gasteiger partial charge is 0.207 e. The fourth-order valence-electron chi connectivity index (χ4n) is 2.03. The van der Waals surface area contributed by atoms with Crippen LogP contribution in [0.3, 0.4) is 0 Å². The minimum atomic E-state index is -3.41. The first-order valence-corrected chi connectivity index (χ1v) is 8.64. The lowest BCUT2D eigenvalue weighted by molar-refractivity contribution is 0.426. The van der Waals surface area contributed by atoms with E-state index in [4.69, 9.17) is 0 Å². The maximum atomic E-state index is 12.6. The Morgan fingerprint density at radius 3 is 2.35 bits per heavy atom. The summed E-state index contributed by atoms with van der Waals surface area (Å²) in [5.74, 6) is 0. The van der Waals surface area contributed by atoms with E-state index in [0.717, 1.165) is 31.2 Å². The summed E-state index contributed by atoms with van der Waals surface area (Å²) >= 11 is 0. The van der Waals surface area contributed by atoms with Crippen molar-refractivity contribution in [3.05, 3.63) is 42.5 Å². The second-order valence-electron chi connectivity index (χ2n) is 5.03. The van der Waals surface area contributed by atoms with Gasteiger partial charge in [0.2, 0.25) is 10.0 Å². The van der Waals surface area contributed by atoms with Crippen LogP contribution in [0.2, 0.25) is 0 Å². The Bertz CT molecular complexity index is 506. The summed E-state index contributed by atoms with van der Waals surface area (Å²) in [6, 6.07) is 7.01. The molecule has 0 amide bonds. The summed E-state index contributed by atoms with van der Waals surface area (Å²) in [5.41, 5.74) is 1.06. The van der Waals surface area contributed by atoms with E-state index < -0.39 is 10.0 Å². The second-order valence-corrected chi connectivity index (χ2v) is 6.96. The summed E-state index contributed by atoms with van der Waals surface area (Å²) in [6.45, 7) is 8.67. The molecule has 0 aromatic heterocycles. The monoisotopic (exact) mass is 295 g/mol. The molecule has 0 bridgehead atoms. The van der Waals surface area contributed by atoms with Crippen LogP contribution in [-0.2, 0) is 10.0 Å². The molecule has 0 fully saturated rings. The molecular formula is C16H25NO2S. The molecule has 0 heterocycles. The molecule has 0 aliphatic heterocycles. The zero-order valence-corrected chi connectivity index (χ0v) is 13.3. The Balaban J connectivity index is 2.82. The number of hydrogen-bond acceptors (Lipinski definition) is 2. The van der Waals surface area contributed by atoms with Crippen molar-refractivity contribution in [2.24, 2.45) is 0 Å². The van der Waals surface area contributed by atoms with Gasteiger partial charge in [-0.15, -0.1) is 6.58 Å².